The van der Waals surface area contributed by atoms with Crippen molar-refractivity contribution >= 4 is 5.91 Å². The van der Waals surface area contributed by atoms with E-state index < -0.39 is 0 Å². The molecule has 0 saturated carbocycles. The number of hydrogen-bond donors (Lipinski definition) is 0. The zero-order chi connectivity index (χ0) is 13.7. The van der Waals surface area contributed by atoms with Crippen LogP contribution in [0.4, 0.5) is 0 Å². The predicted molar refractivity (Wildman–Crippen MR) is 74.1 cm³/mol. The lowest BCUT2D eigenvalue weighted by atomic mass is 10.2. The molecule has 104 valence electrons. The maximum absolute atomic E-state index is 11.9. The summed E-state index contributed by atoms with van der Waals surface area (Å²) in [6.45, 7) is 5.60. The molecule has 1 atom stereocenters. The minimum atomic E-state index is 0.0841. The number of hydrogen-bond acceptors (Lipinski definition) is 3. The highest BCUT2D eigenvalue weighted by atomic mass is 16.5. The summed E-state index contributed by atoms with van der Waals surface area (Å²) in [4.78, 5) is 18.0. The third-order valence-electron chi connectivity index (χ3n) is 3.41. The first kappa shape index (κ1) is 13.8. The van der Waals surface area contributed by atoms with Crippen molar-refractivity contribution in [2.45, 2.75) is 45.6 Å². The van der Waals surface area contributed by atoms with Crippen LogP contribution in [0.1, 0.15) is 38.2 Å². The Bertz CT molecular complexity index is 417. The Balaban J connectivity index is 1.81. The second-order valence-electron chi connectivity index (χ2n) is 5.15. The van der Waals surface area contributed by atoms with Crippen molar-refractivity contribution in [1.29, 1.82) is 0 Å². The van der Waals surface area contributed by atoms with E-state index in [-0.39, 0.29) is 12.0 Å². The quantitative estimate of drug-likeness (QED) is 0.819. The van der Waals surface area contributed by atoms with Gasteiger partial charge in [0.15, 0.2) is 0 Å². The van der Waals surface area contributed by atoms with Gasteiger partial charge in [-0.05, 0) is 18.9 Å². The van der Waals surface area contributed by atoms with Crippen molar-refractivity contribution in [3.05, 3.63) is 23.9 Å². The first-order valence-corrected chi connectivity index (χ1v) is 7.06. The highest BCUT2D eigenvalue weighted by Gasteiger charge is 2.27. The second-order valence-corrected chi connectivity index (χ2v) is 5.15. The molecule has 0 N–H and O–H groups in total. The Morgan fingerprint density at radius 1 is 1.53 bits per heavy atom. The van der Waals surface area contributed by atoms with E-state index in [0.717, 1.165) is 31.4 Å². The molecule has 2 heterocycles. The number of unbranched alkanes of at least 4 members (excludes halogenated alkanes) is 1. The SMILES string of the molecule is CCCCC(=O)N1CCC(Oc2ccc(C)cn2)C1. The molecular weight excluding hydrogens is 240 g/mol. The van der Waals surface area contributed by atoms with Crippen LogP contribution in [-0.4, -0.2) is 35.0 Å². The molecule has 1 aromatic heterocycles. The molecule has 0 aromatic carbocycles. The minimum absolute atomic E-state index is 0.0841. The van der Waals surface area contributed by atoms with E-state index in [0.29, 0.717) is 18.8 Å². The first-order chi connectivity index (χ1) is 9.19. The highest BCUT2D eigenvalue weighted by Crippen LogP contribution is 2.17. The van der Waals surface area contributed by atoms with Gasteiger partial charge < -0.3 is 9.64 Å². The molecule has 0 aliphatic carbocycles. The smallest absolute Gasteiger partial charge is 0.222 e. The Kier molecular flexibility index (Phi) is 4.77. The van der Waals surface area contributed by atoms with E-state index in [1.165, 1.54) is 0 Å². The average Bonchev–Trinajstić information content (AvgIpc) is 2.87. The van der Waals surface area contributed by atoms with Gasteiger partial charge >= 0.3 is 0 Å². The van der Waals surface area contributed by atoms with Gasteiger partial charge in [0, 0.05) is 31.6 Å². The summed E-state index contributed by atoms with van der Waals surface area (Å²) >= 11 is 0. The van der Waals surface area contributed by atoms with Gasteiger partial charge in [-0.15, -0.1) is 0 Å². The normalized spacial score (nSPS) is 18.6. The van der Waals surface area contributed by atoms with Gasteiger partial charge in [0.05, 0.1) is 6.54 Å². The van der Waals surface area contributed by atoms with Gasteiger partial charge in [-0.25, -0.2) is 4.98 Å². The monoisotopic (exact) mass is 262 g/mol. The van der Waals surface area contributed by atoms with Crippen LogP contribution in [0.2, 0.25) is 0 Å². The van der Waals surface area contributed by atoms with Crippen LogP contribution in [0, 0.1) is 6.92 Å². The van der Waals surface area contributed by atoms with Crippen molar-refractivity contribution in [1.82, 2.24) is 9.88 Å². The summed E-state index contributed by atoms with van der Waals surface area (Å²) < 4.78 is 5.81. The molecule has 4 heteroatoms. The lowest BCUT2D eigenvalue weighted by Crippen LogP contribution is -2.30. The van der Waals surface area contributed by atoms with E-state index in [2.05, 4.69) is 11.9 Å². The molecule has 1 aliphatic heterocycles. The number of carbonyl (C=O) groups is 1. The molecule has 0 radical (unpaired) electrons. The van der Waals surface area contributed by atoms with Crippen LogP contribution in [0.3, 0.4) is 0 Å². The van der Waals surface area contributed by atoms with Gasteiger partial charge in [0.2, 0.25) is 11.8 Å². The van der Waals surface area contributed by atoms with Crippen molar-refractivity contribution in [2.24, 2.45) is 0 Å². The molecule has 1 saturated heterocycles. The fourth-order valence-electron chi connectivity index (χ4n) is 2.23. The number of rotatable bonds is 5. The van der Waals surface area contributed by atoms with E-state index in [1.54, 1.807) is 6.20 Å². The van der Waals surface area contributed by atoms with Crippen molar-refractivity contribution in [3.8, 4) is 5.88 Å². The number of pyridine rings is 1. The number of nitrogens with zero attached hydrogens (tertiary/aromatic N) is 2. The molecule has 4 nitrogen and oxygen atoms in total. The van der Waals surface area contributed by atoms with Crippen LogP contribution in [0.15, 0.2) is 18.3 Å². The van der Waals surface area contributed by atoms with Crippen LogP contribution in [0.25, 0.3) is 0 Å². The fraction of sp³-hybridized carbons (Fsp3) is 0.600. The zero-order valence-corrected chi connectivity index (χ0v) is 11.8. The van der Waals surface area contributed by atoms with Crippen LogP contribution < -0.4 is 4.74 Å². The highest BCUT2D eigenvalue weighted by molar-refractivity contribution is 5.76. The second kappa shape index (κ2) is 6.55. The largest absolute Gasteiger partial charge is 0.472 e. The predicted octanol–water partition coefficient (Wildman–Crippen LogP) is 2.56. The van der Waals surface area contributed by atoms with Gasteiger partial charge in [0.25, 0.3) is 0 Å². The number of carbonyl (C=O) groups excluding carboxylic acids is 1. The van der Waals surface area contributed by atoms with Gasteiger partial charge in [-0.3, -0.25) is 4.79 Å². The van der Waals surface area contributed by atoms with E-state index in [9.17, 15) is 4.79 Å². The number of ether oxygens (including phenoxy) is 1. The Morgan fingerprint density at radius 2 is 2.37 bits per heavy atom. The van der Waals surface area contributed by atoms with Gasteiger partial charge in [0.1, 0.15) is 6.10 Å². The summed E-state index contributed by atoms with van der Waals surface area (Å²) in [6, 6.07) is 3.87. The summed E-state index contributed by atoms with van der Waals surface area (Å²) in [7, 11) is 0. The van der Waals surface area contributed by atoms with E-state index in [4.69, 9.17) is 4.74 Å². The molecule has 0 spiro atoms. The van der Waals surface area contributed by atoms with E-state index >= 15 is 0 Å². The Morgan fingerprint density at radius 3 is 3.05 bits per heavy atom. The zero-order valence-electron chi connectivity index (χ0n) is 11.8. The molecule has 1 fully saturated rings. The molecule has 19 heavy (non-hydrogen) atoms. The molecule has 1 amide bonds. The molecular formula is C15H22N2O2. The molecule has 0 bridgehead atoms. The summed E-state index contributed by atoms with van der Waals surface area (Å²) in [5.74, 6) is 0.906. The Labute approximate surface area is 114 Å². The average molecular weight is 262 g/mol. The lowest BCUT2D eigenvalue weighted by molar-refractivity contribution is -0.130. The first-order valence-electron chi connectivity index (χ1n) is 7.06. The van der Waals surface area contributed by atoms with Crippen LogP contribution in [0.5, 0.6) is 5.88 Å². The van der Waals surface area contributed by atoms with Gasteiger partial charge in [-0.1, -0.05) is 19.4 Å². The number of aromatic nitrogens is 1. The van der Waals surface area contributed by atoms with Gasteiger partial charge in [-0.2, -0.15) is 0 Å². The number of aryl methyl sites for hydroxylation is 1. The van der Waals surface area contributed by atoms with Crippen molar-refractivity contribution in [3.63, 3.8) is 0 Å². The number of likely N-dealkylation sites (tertiary alicyclic amines) is 1. The summed E-state index contributed by atoms with van der Waals surface area (Å²) in [5, 5.41) is 0. The van der Waals surface area contributed by atoms with Crippen LogP contribution >= 0.6 is 0 Å². The topological polar surface area (TPSA) is 42.4 Å². The lowest BCUT2D eigenvalue weighted by Gasteiger charge is -2.16. The number of amides is 1. The standard InChI is InChI=1S/C15H22N2O2/c1-3-4-5-15(18)17-9-8-13(11-17)19-14-7-6-12(2)10-16-14/h6-7,10,13H,3-5,8-9,11H2,1-2H3. The maximum Gasteiger partial charge on any atom is 0.222 e. The summed E-state index contributed by atoms with van der Waals surface area (Å²) in [5.41, 5.74) is 1.12. The van der Waals surface area contributed by atoms with E-state index in [1.807, 2.05) is 24.0 Å². The fourth-order valence-corrected chi connectivity index (χ4v) is 2.23. The van der Waals surface area contributed by atoms with Crippen molar-refractivity contribution in [2.75, 3.05) is 13.1 Å². The van der Waals surface area contributed by atoms with Crippen molar-refractivity contribution < 1.29 is 9.53 Å². The molecule has 2 rings (SSSR count). The Hall–Kier alpha value is -1.58. The molecule has 1 aliphatic rings. The minimum Gasteiger partial charge on any atom is -0.472 e. The third kappa shape index (κ3) is 3.94. The summed E-state index contributed by atoms with van der Waals surface area (Å²) in [6.07, 6.45) is 5.47. The van der Waals surface area contributed by atoms with Crippen LogP contribution in [-0.2, 0) is 4.79 Å². The maximum atomic E-state index is 11.9. The molecule has 1 aromatic rings. The third-order valence-corrected chi connectivity index (χ3v) is 3.41. The molecule has 1 unspecified atom stereocenters.